The average molecular weight is 445 g/mol. The molecule has 1 N–H and O–H groups in total. The quantitative estimate of drug-likeness (QED) is 0.317. The van der Waals surface area contributed by atoms with Crippen molar-refractivity contribution in [2.24, 2.45) is 0 Å². The summed E-state index contributed by atoms with van der Waals surface area (Å²) in [6, 6.07) is 22.3. The first-order chi connectivity index (χ1) is 15.6. The van der Waals surface area contributed by atoms with Gasteiger partial charge >= 0.3 is 5.97 Å². The van der Waals surface area contributed by atoms with E-state index in [0.29, 0.717) is 5.57 Å². The van der Waals surface area contributed by atoms with Crippen molar-refractivity contribution in [1.82, 2.24) is 0 Å². The zero-order valence-corrected chi connectivity index (χ0v) is 20.0. The Bertz CT molecular complexity index is 1120. The standard InChI is InChI=1S/C29H32O4/c1-7-20-18-24(14-17-26(20)22-12-15-25(32-6)16-13-22)21-8-10-23(11-9-21)27(29(4,5)31)33-28(30)19(2)3/h8-18,27,31H,2,7H2,1,3-6H3. The largest absolute Gasteiger partial charge is 0.497 e. The van der Waals surface area contributed by atoms with Gasteiger partial charge in [0, 0.05) is 5.57 Å². The number of hydrogen-bond donors (Lipinski definition) is 1. The second kappa shape index (κ2) is 10.1. The van der Waals surface area contributed by atoms with Crippen LogP contribution < -0.4 is 4.74 Å². The van der Waals surface area contributed by atoms with Crippen LogP contribution >= 0.6 is 0 Å². The molecule has 3 rings (SSSR count). The van der Waals surface area contributed by atoms with Gasteiger partial charge in [-0.15, -0.1) is 0 Å². The lowest BCUT2D eigenvalue weighted by Gasteiger charge is -2.29. The van der Waals surface area contributed by atoms with Crippen LogP contribution in [0.1, 0.15) is 44.9 Å². The summed E-state index contributed by atoms with van der Waals surface area (Å²) in [6.07, 6.45) is 0.115. The maximum absolute atomic E-state index is 12.1. The van der Waals surface area contributed by atoms with Crippen LogP contribution in [0.15, 0.2) is 78.9 Å². The number of carbonyl (C=O) groups excluding carboxylic acids is 1. The molecule has 0 heterocycles. The molecule has 0 bridgehead atoms. The van der Waals surface area contributed by atoms with Crippen molar-refractivity contribution in [2.75, 3.05) is 7.11 Å². The number of aliphatic hydroxyl groups is 1. The average Bonchev–Trinajstić information content (AvgIpc) is 2.81. The molecule has 0 saturated heterocycles. The van der Waals surface area contributed by atoms with E-state index in [2.05, 4.69) is 43.8 Å². The summed E-state index contributed by atoms with van der Waals surface area (Å²) in [6.45, 7) is 10.6. The molecule has 0 saturated carbocycles. The number of aryl methyl sites for hydroxylation is 1. The van der Waals surface area contributed by atoms with Crippen LogP contribution in [0.2, 0.25) is 0 Å². The van der Waals surface area contributed by atoms with E-state index in [9.17, 15) is 9.90 Å². The molecule has 4 nitrogen and oxygen atoms in total. The second-order valence-corrected chi connectivity index (χ2v) is 8.80. The van der Waals surface area contributed by atoms with Gasteiger partial charge in [0.1, 0.15) is 11.4 Å². The van der Waals surface area contributed by atoms with E-state index < -0.39 is 17.7 Å². The summed E-state index contributed by atoms with van der Waals surface area (Å²) >= 11 is 0. The van der Waals surface area contributed by atoms with Crippen molar-refractivity contribution in [3.8, 4) is 28.0 Å². The van der Waals surface area contributed by atoms with E-state index >= 15 is 0 Å². The fraction of sp³-hybridized carbons (Fsp3) is 0.276. The first kappa shape index (κ1) is 24.3. The minimum absolute atomic E-state index is 0.296. The van der Waals surface area contributed by atoms with Crippen LogP contribution in [0, 0.1) is 0 Å². The predicted octanol–water partition coefficient (Wildman–Crippen LogP) is 6.52. The molecule has 0 spiro atoms. The molecule has 0 fully saturated rings. The highest BCUT2D eigenvalue weighted by molar-refractivity contribution is 5.87. The van der Waals surface area contributed by atoms with Crippen LogP contribution in [-0.4, -0.2) is 23.8 Å². The normalized spacial score (nSPS) is 12.2. The molecule has 0 radical (unpaired) electrons. The van der Waals surface area contributed by atoms with E-state index in [-0.39, 0.29) is 0 Å². The molecule has 1 atom stereocenters. The summed E-state index contributed by atoms with van der Waals surface area (Å²) in [4.78, 5) is 12.1. The van der Waals surface area contributed by atoms with E-state index in [1.165, 1.54) is 11.1 Å². The Labute approximate surface area is 196 Å². The minimum Gasteiger partial charge on any atom is -0.497 e. The molecule has 0 aliphatic carbocycles. The first-order valence-corrected chi connectivity index (χ1v) is 11.1. The Kier molecular flexibility index (Phi) is 7.39. The highest BCUT2D eigenvalue weighted by Crippen LogP contribution is 2.34. The Morgan fingerprint density at radius 1 is 0.970 bits per heavy atom. The van der Waals surface area contributed by atoms with Crippen molar-refractivity contribution < 1.29 is 19.4 Å². The smallest absolute Gasteiger partial charge is 0.333 e. The van der Waals surface area contributed by atoms with Crippen molar-refractivity contribution >= 4 is 5.97 Å². The van der Waals surface area contributed by atoms with Crippen LogP contribution in [0.25, 0.3) is 22.3 Å². The summed E-state index contributed by atoms with van der Waals surface area (Å²) in [5.41, 5.74) is 5.56. The van der Waals surface area contributed by atoms with Crippen molar-refractivity contribution in [1.29, 1.82) is 0 Å². The highest BCUT2D eigenvalue weighted by Gasteiger charge is 2.32. The van der Waals surface area contributed by atoms with Gasteiger partial charge in [-0.25, -0.2) is 4.79 Å². The number of esters is 1. The molecule has 4 heteroatoms. The predicted molar refractivity (Wildman–Crippen MR) is 133 cm³/mol. The van der Waals surface area contributed by atoms with Crippen LogP contribution in [0.5, 0.6) is 5.75 Å². The lowest BCUT2D eigenvalue weighted by atomic mass is 9.91. The fourth-order valence-electron chi connectivity index (χ4n) is 3.80. The van der Waals surface area contributed by atoms with Crippen molar-refractivity contribution in [3.05, 3.63) is 90.0 Å². The Morgan fingerprint density at radius 2 is 1.55 bits per heavy atom. The fourth-order valence-corrected chi connectivity index (χ4v) is 3.80. The van der Waals surface area contributed by atoms with E-state index in [4.69, 9.17) is 9.47 Å². The van der Waals surface area contributed by atoms with Crippen LogP contribution in [-0.2, 0) is 16.0 Å². The molecule has 33 heavy (non-hydrogen) atoms. The summed E-state index contributed by atoms with van der Waals surface area (Å²) in [7, 11) is 1.67. The van der Waals surface area contributed by atoms with Gasteiger partial charge < -0.3 is 14.6 Å². The molecule has 172 valence electrons. The third-order valence-corrected chi connectivity index (χ3v) is 5.65. The number of ether oxygens (including phenoxy) is 2. The number of rotatable bonds is 8. The molecule has 0 aromatic heterocycles. The first-order valence-electron chi connectivity index (χ1n) is 11.1. The zero-order chi connectivity index (χ0) is 24.2. The maximum Gasteiger partial charge on any atom is 0.333 e. The van der Waals surface area contributed by atoms with Gasteiger partial charge in [-0.05, 0) is 72.7 Å². The maximum atomic E-state index is 12.1. The van der Waals surface area contributed by atoms with Gasteiger partial charge in [0.15, 0.2) is 6.10 Å². The minimum atomic E-state index is -1.23. The van der Waals surface area contributed by atoms with E-state index in [1.807, 2.05) is 36.4 Å². The third kappa shape index (κ3) is 5.71. The van der Waals surface area contributed by atoms with Crippen molar-refractivity contribution in [3.63, 3.8) is 0 Å². The van der Waals surface area contributed by atoms with E-state index in [0.717, 1.165) is 34.4 Å². The Morgan fingerprint density at radius 3 is 2.06 bits per heavy atom. The van der Waals surface area contributed by atoms with Gasteiger partial charge in [-0.1, -0.05) is 68.1 Å². The van der Waals surface area contributed by atoms with Crippen LogP contribution in [0.3, 0.4) is 0 Å². The Hall–Kier alpha value is -3.37. The molecule has 3 aromatic rings. The van der Waals surface area contributed by atoms with Crippen molar-refractivity contribution in [2.45, 2.75) is 45.8 Å². The lowest BCUT2D eigenvalue weighted by Crippen LogP contribution is -2.32. The molecule has 1 unspecified atom stereocenters. The third-order valence-electron chi connectivity index (χ3n) is 5.65. The molecular weight excluding hydrogens is 412 g/mol. The number of benzene rings is 3. The lowest BCUT2D eigenvalue weighted by molar-refractivity contribution is -0.158. The molecule has 0 aliphatic rings. The van der Waals surface area contributed by atoms with Gasteiger partial charge in [0.25, 0.3) is 0 Å². The topological polar surface area (TPSA) is 55.8 Å². The van der Waals surface area contributed by atoms with E-state index in [1.54, 1.807) is 27.9 Å². The monoisotopic (exact) mass is 444 g/mol. The summed E-state index contributed by atoms with van der Waals surface area (Å²) in [5.74, 6) is 0.319. The summed E-state index contributed by atoms with van der Waals surface area (Å²) in [5, 5.41) is 10.6. The van der Waals surface area contributed by atoms with Gasteiger partial charge in [-0.2, -0.15) is 0 Å². The number of hydrogen-bond acceptors (Lipinski definition) is 4. The SMILES string of the molecule is C=C(C)C(=O)OC(c1ccc(-c2ccc(-c3ccc(OC)cc3)c(CC)c2)cc1)C(C)(C)O. The molecule has 0 amide bonds. The number of methoxy groups -OCH3 is 1. The van der Waals surface area contributed by atoms with Crippen LogP contribution in [0.4, 0.5) is 0 Å². The molecule has 0 aliphatic heterocycles. The highest BCUT2D eigenvalue weighted by atomic mass is 16.6. The molecule has 3 aromatic carbocycles. The summed E-state index contributed by atoms with van der Waals surface area (Å²) < 4.78 is 10.8. The number of carbonyl (C=O) groups is 1. The van der Waals surface area contributed by atoms with Gasteiger partial charge in [0.2, 0.25) is 0 Å². The molecular formula is C29H32O4. The zero-order valence-electron chi connectivity index (χ0n) is 20.0. The Balaban J connectivity index is 1.90. The van der Waals surface area contributed by atoms with Gasteiger partial charge in [0.05, 0.1) is 7.11 Å². The van der Waals surface area contributed by atoms with Gasteiger partial charge in [-0.3, -0.25) is 0 Å². The second-order valence-electron chi connectivity index (χ2n) is 8.80.